The average Bonchev–Trinajstić information content (AvgIpc) is 2.65. The number of hydrogen-bond donors (Lipinski definition) is 8. The van der Waals surface area contributed by atoms with Crippen LogP contribution in [-0.2, 0) is 19.2 Å². The van der Waals surface area contributed by atoms with Gasteiger partial charge in [-0.15, -0.1) is 0 Å². The molecular formula is C15H28N4O8S. The Bertz CT molecular complexity index is 548. The molecule has 0 aliphatic carbocycles. The van der Waals surface area contributed by atoms with E-state index in [9.17, 15) is 24.3 Å². The van der Waals surface area contributed by atoms with Crippen molar-refractivity contribution in [3.05, 3.63) is 0 Å². The number of hydrogen-bond acceptors (Lipinski definition) is 9. The van der Waals surface area contributed by atoms with Crippen molar-refractivity contribution in [2.45, 2.75) is 43.6 Å². The Labute approximate surface area is 166 Å². The van der Waals surface area contributed by atoms with Crippen molar-refractivity contribution < 1.29 is 39.6 Å². The Morgan fingerprint density at radius 3 is 1.96 bits per heavy atom. The molecule has 28 heavy (non-hydrogen) atoms. The van der Waals surface area contributed by atoms with Crippen LogP contribution in [0.15, 0.2) is 0 Å². The summed E-state index contributed by atoms with van der Waals surface area (Å²) in [4.78, 5) is 47.5. The standard InChI is InChI=1S/C15H28N4O8S/c1-7(22)11(14(25)18-10(6-21)15(26)27)19-13(24)9(3-4-28-2)17-12(23)8(16)5-20/h7-11,20-22H,3-6,16H2,1-2H3,(H,17,23)(H,18,25)(H,19,24)(H,26,27). The van der Waals surface area contributed by atoms with Gasteiger partial charge >= 0.3 is 5.97 Å². The van der Waals surface area contributed by atoms with Gasteiger partial charge in [0.05, 0.1) is 19.3 Å². The first kappa shape index (κ1) is 26.1. The van der Waals surface area contributed by atoms with E-state index in [4.69, 9.17) is 21.1 Å². The van der Waals surface area contributed by atoms with Crippen LogP contribution in [-0.4, -0.2) is 99.6 Å². The van der Waals surface area contributed by atoms with E-state index in [2.05, 4.69) is 10.6 Å². The zero-order valence-electron chi connectivity index (χ0n) is 15.6. The van der Waals surface area contributed by atoms with Gasteiger partial charge in [0, 0.05) is 0 Å². The number of nitrogens with one attached hydrogen (secondary N) is 3. The first-order valence-corrected chi connectivity index (χ1v) is 9.76. The zero-order valence-corrected chi connectivity index (χ0v) is 16.4. The lowest BCUT2D eigenvalue weighted by molar-refractivity contribution is -0.144. The van der Waals surface area contributed by atoms with Gasteiger partial charge in [-0.25, -0.2) is 4.79 Å². The molecule has 5 atom stereocenters. The van der Waals surface area contributed by atoms with Crippen LogP contribution >= 0.6 is 11.8 Å². The lowest BCUT2D eigenvalue weighted by Crippen LogP contribution is -2.60. The number of thioether (sulfide) groups is 1. The molecule has 0 aromatic carbocycles. The normalized spacial score (nSPS) is 16.2. The predicted octanol–water partition coefficient (Wildman–Crippen LogP) is -4.03. The molecule has 0 aliphatic heterocycles. The number of carboxylic acid groups (broad SMARTS) is 1. The van der Waals surface area contributed by atoms with Crippen LogP contribution in [0.1, 0.15) is 13.3 Å². The van der Waals surface area contributed by atoms with Crippen LogP contribution in [0.3, 0.4) is 0 Å². The summed E-state index contributed by atoms with van der Waals surface area (Å²) < 4.78 is 0. The van der Waals surface area contributed by atoms with Crippen LogP contribution in [0, 0.1) is 0 Å². The highest BCUT2D eigenvalue weighted by molar-refractivity contribution is 7.98. The maximum Gasteiger partial charge on any atom is 0.328 e. The van der Waals surface area contributed by atoms with Gasteiger partial charge in [0.2, 0.25) is 17.7 Å². The van der Waals surface area contributed by atoms with Gasteiger partial charge in [-0.2, -0.15) is 11.8 Å². The summed E-state index contributed by atoms with van der Waals surface area (Å²) >= 11 is 1.40. The van der Waals surface area contributed by atoms with E-state index in [0.717, 1.165) is 0 Å². The van der Waals surface area contributed by atoms with Gasteiger partial charge in [-0.3, -0.25) is 14.4 Å². The fourth-order valence-corrected chi connectivity index (χ4v) is 2.44. The summed E-state index contributed by atoms with van der Waals surface area (Å²) in [5.41, 5.74) is 5.41. The Morgan fingerprint density at radius 2 is 1.54 bits per heavy atom. The molecule has 0 aromatic heterocycles. The summed E-state index contributed by atoms with van der Waals surface area (Å²) in [7, 11) is 0. The number of aliphatic hydroxyl groups is 3. The van der Waals surface area contributed by atoms with Crippen molar-refractivity contribution in [2.24, 2.45) is 5.73 Å². The molecule has 9 N–H and O–H groups in total. The highest BCUT2D eigenvalue weighted by atomic mass is 32.2. The quantitative estimate of drug-likeness (QED) is 0.143. The molecule has 0 heterocycles. The highest BCUT2D eigenvalue weighted by Gasteiger charge is 2.32. The summed E-state index contributed by atoms with van der Waals surface area (Å²) in [5.74, 6) is -3.61. The summed E-state index contributed by atoms with van der Waals surface area (Å²) in [6.45, 7) is -0.303. The Morgan fingerprint density at radius 1 is 0.964 bits per heavy atom. The van der Waals surface area contributed by atoms with E-state index in [1.54, 1.807) is 6.26 Å². The molecule has 0 spiro atoms. The lowest BCUT2D eigenvalue weighted by Gasteiger charge is -2.26. The maximum atomic E-state index is 12.5. The van der Waals surface area contributed by atoms with Crippen molar-refractivity contribution in [2.75, 3.05) is 25.2 Å². The third-order valence-corrected chi connectivity index (χ3v) is 4.28. The molecule has 0 aliphatic rings. The molecule has 0 saturated heterocycles. The Hall–Kier alpha value is -1.93. The fraction of sp³-hybridized carbons (Fsp3) is 0.733. The third-order valence-electron chi connectivity index (χ3n) is 3.64. The molecule has 0 saturated carbocycles. The van der Waals surface area contributed by atoms with Crippen LogP contribution in [0.25, 0.3) is 0 Å². The maximum absolute atomic E-state index is 12.5. The average molecular weight is 424 g/mol. The number of aliphatic carboxylic acids is 1. The third kappa shape index (κ3) is 8.84. The summed E-state index contributed by atoms with van der Waals surface area (Å²) in [6.07, 6.45) is 0.566. The number of carboxylic acids is 1. The Balaban J connectivity index is 5.24. The summed E-state index contributed by atoms with van der Waals surface area (Å²) in [6, 6.07) is -5.47. The number of aliphatic hydroxyl groups excluding tert-OH is 3. The molecular weight excluding hydrogens is 396 g/mol. The van der Waals surface area contributed by atoms with Gasteiger partial charge in [0.1, 0.15) is 24.2 Å². The fourth-order valence-electron chi connectivity index (χ4n) is 1.97. The second-order valence-electron chi connectivity index (χ2n) is 5.94. The number of nitrogens with two attached hydrogens (primary N) is 1. The second-order valence-corrected chi connectivity index (χ2v) is 6.93. The molecule has 0 fully saturated rings. The molecule has 0 aromatic rings. The molecule has 0 bridgehead atoms. The van der Waals surface area contributed by atoms with Crippen LogP contribution in [0.2, 0.25) is 0 Å². The molecule has 162 valence electrons. The van der Waals surface area contributed by atoms with E-state index in [-0.39, 0.29) is 6.42 Å². The molecule has 5 unspecified atom stereocenters. The Kier molecular flexibility index (Phi) is 12.4. The van der Waals surface area contributed by atoms with Crippen molar-refractivity contribution in [3.8, 4) is 0 Å². The van der Waals surface area contributed by atoms with Crippen molar-refractivity contribution in [1.29, 1.82) is 0 Å². The molecule has 3 amide bonds. The number of carbonyl (C=O) groups excluding carboxylic acids is 3. The van der Waals surface area contributed by atoms with Crippen LogP contribution in [0.4, 0.5) is 0 Å². The molecule has 12 nitrogen and oxygen atoms in total. The number of carbonyl (C=O) groups is 4. The predicted molar refractivity (Wildman–Crippen MR) is 100 cm³/mol. The van der Waals surface area contributed by atoms with Crippen LogP contribution in [0.5, 0.6) is 0 Å². The number of rotatable bonds is 13. The lowest BCUT2D eigenvalue weighted by atomic mass is 10.1. The van der Waals surface area contributed by atoms with Gasteiger partial charge in [0.15, 0.2) is 0 Å². The zero-order chi connectivity index (χ0) is 21.9. The van der Waals surface area contributed by atoms with E-state index in [1.807, 2.05) is 5.32 Å². The van der Waals surface area contributed by atoms with E-state index in [1.165, 1.54) is 18.7 Å². The van der Waals surface area contributed by atoms with E-state index < -0.39 is 67.2 Å². The largest absolute Gasteiger partial charge is 0.480 e. The molecule has 0 radical (unpaired) electrons. The van der Waals surface area contributed by atoms with Gasteiger partial charge in [-0.05, 0) is 25.4 Å². The smallest absolute Gasteiger partial charge is 0.328 e. The minimum absolute atomic E-state index is 0.180. The van der Waals surface area contributed by atoms with Crippen molar-refractivity contribution in [3.63, 3.8) is 0 Å². The molecule has 0 rings (SSSR count). The van der Waals surface area contributed by atoms with Gasteiger partial charge in [-0.1, -0.05) is 0 Å². The van der Waals surface area contributed by atoms with E-state index >= 15 is 0 Å². The van der Waals surface area contributed by atoms with Crippen molar-refractivity contribution in [1.82, 2.24) is 16.0 Å². The first-order valence-electron chi connectivity index (χ1n) is 8.37. The minimum atomic E-state index is -1.61. The van der Waals surface area contributed by atoms with Crippen molar-refractivity contribution >= 4 is 35.5 Å². The monoisotopic (exact) mass is 424 g/mol. The van der Waals surface area contributed by atoms with E-state index in [0.29, 0.717) is 5.75 Å². The highest BCUT2D eigenvalue weighted by Crippen LogP contribution is 2.04. The molecule has 13 heteroatoms. The topological polar surface area (TPSA) is 211 Å². The number of amides is 3. The summed E-state index contributed by atoms with van der Waals surface area (Å²) in [5, 5.41) is 43.2. The SMILES string of the molecule is CSCCC(NC(=O)C(N)CO)C(=O)NC(C(=O)NC(CO)C(=O)O)C(C)O. The van der Waals surface area contributed by atoms with Gasteiger partial charge in [0.25, 0.3) is 0 Å². The van der Waals surface area contributed by atoms with Gasteiger partial charge < -0.3 is 42.1 Å². The minimum Gasteiger partial charge on any atom is -0.480 e. The first-order chi connectivity index (χ1) is 13.1. The second kappa shape index (κ2) is 13.3. The van der Waals surface area contributed by atoms with Crippen LogP contribution < -0.4 is 21.7 Å².